The summed E-state index contributed by atoms with van der Waals surface area (Å²) >= 11 is 3.35. The Kier molecular flexibility index (Phi) is 4.81. The van der Waals surface area contributed by atoms with Gasteiger partial charge in [0.15, 0.2) is 0 Å². The summed E-state index contributed by atoms with van der Waals surface area (Å²) in [6.45, 7) is -0.144. The number of carbonyl (C=O) groups is 1. The molecule has 0 aliphatic rings. The van der Waals surface area contributed by atoms with Gasteiger partial charge in [-0.2, -0.15) is 5.10 Å². The van der Waals surface area contributed by atoms with E-state index in [1.807, 2.05) is 30.3 Å². The highest BCUT2D eigenvalue weighted by Gasteiger charge is 2.07. The van der Waals surface area contributed by atoms with E-state index in [1.54, 1.807) is 18.2 Å². The first-order valence-corrected chi connectivity index (χ1v) is 7.94. The molecular weight excluding hydrogens is 372 g/mol. The van der Waals surface area contributed by atoms with E-state index in [9.17, 15) is 9.59 Å². The van der Waals surface area contributed by atoms with Gasteiger partial charge < -0.3 is 0 Å². The number of benzene rings is 2. The highest BCUT2D eigenvalue weighted by atomic mass is 79.9. The van der Waals surface area contributed by atoms with Crippen LogP contribution in [0.4, 0.5) is 0 Å². The average Bonchev–Trinajstić information content (AvgIpc) is 2.59. The number of hydrogen-bond acceptors (Lipinski definition) is 4. The third-order valence-corrected chi connectivity index (χ3v) is 3.85. The highest BCUT2D eigenvalue weighted by Crippen LogP contribution is 2.09. The van der Waals surface area contributed by atoms with Crippen molar-refractivity contribution in [3.8, 4) is 0 Å². The van der Waals surface area contributed by atoms with Gasteiger partial charge in [-0.05, 0) is 29.8 Å². The summed E-state index contributed by atoms with van der Waals surface area (Å²) in [5.74, 6) is -0.400. The van der Waals surface area contributed by atoms with Crippen molar-refractivity contribution >= 4 is 39.0 Å². The Bertz CT molecular complexity index is 964. The maximum atomic E-state index is 12.3. The Labute approximate surface area is 146 Å². The van der Waals surface area contributed by atoms with Gasteiger partial charge >= 0.3 is 0 Å². The van der Waals surface area contributed by atoms with E-state index in [0.717, 1.165) is 10.0 Å². The van der Waals surface area contributed by atoms with Crippen LogP contribution in [0, 0.1) is 0 Å². The Morgan fingerprint density at radius 3 is 2.75 bits per heavy atom. The van der Waals surface area contributed by atoms with E-state index >= 15 is 0 Å². The lowest BCUT2D eigenvalue weighted by molar-refractivity contribution is -0.121. The molecule has 0 fully saturated rings. The lowest BCUT2D eigenvalue weighted by Crippen LogP contribution is -2.30. The Balaban J connectivity index is 1.68. The second-order valence-electron chi connectivity index (χ2n) is 5.04. The predicted octanol–water partition coefficient (Wildman–Crippen LogP) is 2.31. The first-order valence-electron chi connectivity index (χ1n) is 7.15. The molecule has 1 aromatic heterocycles. The quantitative estimate of drug-likeness (QED) is 0.553. The zero-order valence-electron chi connectivity index (χ0n) is 12.5. The highest BCUT2D eigenvalue weighted by molar-refractivity contribution is 9.10. The van der Waals surface area contributed by atoms with E-state index in [2.05, 4.69) is 31.4 Å². The molecule has 0 saturated carbocycles. The molecule has 0 bridgehead atoms. The van der Waals surface area contributed by atoms with E-state index in [4.69, 9.17) is 0 Å². The number of fused-ring (bicyclic) bond motifs is 1. The Hall–Kier alpha value is -2.80. The fraction of sp³-hybridized carbons (Fsp3) is 0.0588. The molecule has 7 heteroatoms. The maximum Gasteiger partial charge on any atom is 0.261 e. The van der Waals surface area contributed by atoms with Gasteiger partial charge in [0.05, 0.1) is 23.4 Å². The summed E-state index contributed by atoms with van der Waals surface area (Å²) in [6, 6.07) is 14.5. The molecule has 3 rings (SSSR count). The summed E-state index contributed by atoms with van der Waals surface area (Å²) in [6.07, 6.45) is 2.90. The lowest BCUT2D eigenvalue weighted by atomic mass is 10.2. The van der Waals surface area contributed by atoms with Crippen LogP contribution in [-0.4, -0.2) is 21.7 Å². The predicted molar refractivity (Wildman–Crippen MR) is 95.9 cm³/mol. The minimum atomic E-state index is -0.400. The third-order valence-electron chi connectivity index (χ3n) is 3.32. The largest absolute Gasteiger partial charge is 0.289 e. The number of para-hydroxylation sites is 1. The Morgan fingerprint density at radius 1 is 1.21 bits per heavy atom. The van der Waals surface area contributed by atoms with E-state index in [0.29, 0.717) is 10.9 Å². The fourth-order valence-electron chi connectivity index (χ4n) is 2.14. The summed E-state index contributed by atoms with van der Waals surface area (Å²) in [7, 11) is 0. The molecule has 2 aromatic carbocycles. The number of hydrogen-bond donors (Lipinski definition) is 1. The van der Waals surface area contributed by atoms with Crippen molar-refractivity contribution in [2.24, 2.45) is 5.10 Å². The molecular formula is C17H13BrN4O2. The molecule has 1 heterocycles. The first-order chi connectivity index (χ1) is 11.6. The second-order valence-corrected chi connectivity index (χ2v) is 5.96. The van der Waals surface area contributed by atoms with Crippen LogP contribution in [0.5, 0.6) is 0 Å². The summed E-state index contributed by atoms with van der Waals surface area (Å²) in [5, 5.41) is 4.36. The summed E-state index contributed by atoms with van der Waals surface area (Å²) < 4.78 is 2.22. The van der Waals surface area contributed by atoms with Crippen molar-refractivity contribution in [1.82, 2.24) is 15.0 Å². The minimum Gasteiger partial charge on any atom is -0.289 e. The van der Waals surface area contributed by atoms with Crippen molar-refractivity contribution in [1.29, 1.82) is 0 Å². The van der Waals surface area contributed by atoms with Crippen molar-refractivity contribution in [3.63, 3.8) is 0 Å². The molecule has 0 radical (unpaired) electrons. The van der Waals surface area contributed by atoms with Gasteiger partial charge in [-0.15, -0.1) is 0 Å². The van der Waals surface area contributed by atoms with Gasteiger partial charge in [0.2, 0.25) is 0 Å². The van der Waals surface area contributed by atoms with Gasteiger partial charge in [0, 0.05) is 4.47 Å². The molecule has 0 saturated heterocycles. The number of carbonyl (C=O) groups excluding carboxylic acids is 1. The molecule has 1 N–H and O–H groups in total. The van der Waals surface area contributed by atoms with Gasteiger partial charge in [-0.3, -0.25) is 14.2 Å². The zero-order chi connectivity index (χ0) is 16.9. The van der Waals surface area contributed by atoms with Crippen LogP contribution in [0.3, 0.4) is 0 Å². The van der Waals surface area contributed by atoms with Crippen molar-refractivity contribution in [2.45, 2.75) is 6.54 Å². The normalized spacial score (nSPS) is 11.0. The summed E-state index contributed by atoms with van der Waals surface area (Å²) in [5.41, 5.74) is 3.60. The molecule has 0 aliphatic heterocycles. The molecule has 6 nitrogen and oxygen atoms in total. The number of hydrazone groups is 1. The number of nitrogens with zero attached hydrogens (tertiary/aromatic N) is 3. The standard InChI is InChI=1S/C17H13BrN4O2/c18-13-7-5-12(6-8-13)9-20-21-16(23)10-22-11-19-15-4-2-1-3-14(15)17(22)24/h1-9,11H,10H2,(H,21,23). The van der Waals surface area contributed by atoms with Gasteiger partial charge in [-0.1, -0.05) is 40.2 Å². The topological polar surface area (TPSA) is 76.3 Å². The zero-order valence-corrected chi connectivity index (χ0v) is 14.1. The van der Waals surface area contributed by atoms with Gasteiger partial charge in [-0.25, -0.2) is 10.4 Å². The molecule has 120 valence electrons. The number of halogens is 1. The van der Waals surface area contributed by atoms with Gasteiger partial charge in [0.1, 0.15) is 6.54 Å². The number of rotatable bonds is 4. The smallest absolute Gasteiger partial charge is 0.261 e. The minimum absolute atomic E-state index is 0.144. The lowest BCUT2D eigenvalue weighted by Gasteiger charge is -2.05. The van der Waals surface area contributed by atoms with Crippen LogP contribution in [0.1, 0.15) is 5.56 Å². The maximum absolute atomic E-state index is 12.3. The monoisotopic (exact) mass is 384 g/mol. The first kappa shape index (κ1) is 16.1. The van der Waals surface area contributed by atoms with Crippen molar-refractivity contribution < 1.29 is 4.79 Å². The number of amides is 1. The van der Waals surface area contributed by atoms with E-state index in [1.165, 1.54) is 17.1 Å². The van der Waals surface area contributed by atoms with Crippen LogP contribution in [0.25, 0.3) is 10.9 Å². The van der Waals surface area contributed by atoms with E-state index < -0.39 is 5.91 Å². The third kappa shape index (κ3) is 3.75. The molecule has 0 aliphatic carbocycles. The molecule has 24 heavy (non-hydrogen) atoms. The average molecular weight is 385 g/mol. The molecule has 0 unspecified atom stereocenters. The van der Waals surface area contributed by atoms with Gasteiger partial charge in [0.25, 0.3) is 11.5 Å². The fourth-order valence-corrected chi connectivity index (χ4v) is 2.40. The van der Waals surface area contributed by atoms with Crippen LogP contribution < -0.4 is 11.0 Å². The van der Waals surface area contributed by atoms with Crippen LogP contribution in [0.15, 0.2) is 69.2 Å². The van der Waals surface area contributed by atoms with Crippen LogP contribution in [0.2, 0.25) is 0 Å². The molecule has 3 aromatic rings. The second kappa shape index (κ2) is 7.18. The van der Waals surface area contributed by atoms with Crippen molar-refractivity contribution in [3.05, 3.63) is 75.2 Å². The SMILES string of the molecule is O=C(Cn1cnc2ccccc2c1=O)NN=Cc1ccc(Br)cc1. The number of aromatic nitrogens is 2. The van der Waals surface area contributed by atoms with Crippen LogP contribution >= 0.6 is 15.9 Å². The summed E-state index contributed by atoms with van der Waals surface area (Å²) in [4.78, 5) is 28.4. The molecule has 0 atom stereocenters. The van der Waals surface area contributed by atoms with E-state index in [-0.39, 0.29) is 12.1 Å². The van der Waals surface area contributed by atoms with Crippen LogP contribution in [-0.2, 0) is 11.3 Å². The molecule has 0 spiro atoms. The Morgan fingerprint density at radius 2 is 1.96 bits per heavy atom. The molecule has 1 amide bonds. The van der Waals surface area contributed by atoms with Crippen molar-refractivity contribution in [2.75, 3.05) is 0 Å². The number of nitrogens with one attached hydrogen (secondary N) is 1.